The van der Waals surface area contributed by atoms with Gasteiger partial charge >= 0.3 is 0 Å². The van der Waals surface area contributed by atoms with Gasteiger partial charge in [0.25, 0.3) is 0 Å². The minimum atomic E-state index is 0.271. The van der Waals surface area contributed by atoms with Crippen LogP contribution in [0.5, 0.6) is 11.5 Å². The molecule has 2 rings (SSSR count). The quantitative estimate of drug-likeness (QED) is 0.928. The van der Waals surface area contributed by atoms with E-state index in [4.69, 9.17) is 10.5 Å². The van der Waals surface area contributed by atoms with Crippen LogP contribution in [0, 0.1) is 20.8 Å². The fraction of sp³-hybridized carbons (Fsp3) is 0.412. The lowest BCUT2D eigenvalue weighted by Crippen LogP contribution is -2.08. The summed E-state index contributed by atoms with van der Waals surface area (Å²) in [4.78, 5) is 8.87. The van der Waals surface area contributed by atoms with Crippen LogP contribution in [0.4, 0.5) is 0 Å². The maximum absolute atomic E-state index is 6.02. The molecule has 2 aromatic rings. The van der Waals surface area contributed by atoms with Crippen LogP contribution in [0.2, 0.25) is 0 Å². The second kappa shape index (κ2) is 6.22. The first-order valence-electron chi connectivity index (χ1n) is 7.24. The van der Waals surface area contributed by atoms with E-state index >= 15 is 0 Å². The lowest BCUT2D eigenvalue weighted by Gasteiger charge is -2.15. The van der Waals surface area contributed by atoms with E-state index in [1.165, 1.54) is 11.1 Å². The Bertz CT molecular complexity index is 651. The molecule has 2 N–H and O–H groups in total. The summed E-state index contributed by atoms with van der Waals surface area (Å²) in [5.41, 5.74) is 10.0. The Morgan fingerprint density at radius 1 is 1.14 bits per heavy atom. The molecular weight excluding hydrogens is 262 g/mol. The molecule has 0 radical (unpaired) electrons. The number of hydrogen-bond acceptors (Lipinski definition) is 4. The summed E-state index contributed by atoms with van der Waals surface area (Å²) in [6.45, 7) is 10.6. The molecule has 1 heterocycles. The summed E-state index contributed by atoms with van der Waals surface area (Å²) in [7, 11) is 0. The Hall–Kier alpha value is -1.94. The van der Waals surface area contributed by atoms with Crippen molar-refractivity contribution in [2.75, 3.05) is 0 Å². The molecule has 0 saturated carbocycles. The summed E-state index contributed by atoms with van der Waals surface area (Å²) >= 11 is 0. The molecule has 0 unspecified atom stereocenters. The average molecular weight is 285 g/mol. The maximum Gasteiger partial charge on any atom is 0.168 e. The van der Waals surface area contributed by atoms with Crippen LogP contribution in [0.25, 0.3) is 0 Å². The van der Waals surface area contributed by atoms with Crippen LogP contribution in [0.15, 0.2) is 18.3 Å². The number of rotatable bonds is 4. The van der Waals surface area contributed by atoms with Gasteiger partial charge in [-0.1, -0.05) is 19.9 Å². The maximum atomic E-state index is 6.02. The number of aryl methyl sites for hydroxylation is 2. The van der Waals surface area contributed by atoms with Crippen LogP contribution >= 0.6 is 0 Å². The molecule has 0 saturated heterocycles. The molecule has 1 aromatic carbocycles. The number of benzene rings is 1. The lowest BCUT2D eigenvalue weighted by atomic mass is 10.1. The largest absolute Gasteiger partial charge is 0.453 e. The molecule has 0 aliphatic rings. The van der Waals surface area contributed by atoms with Crippen molar-refractivity contribution in [2.45, 2.75) is 47.1 Å². The molecule has 4 nitrogen and oxygen atoms in total. The second-order valence-corrected chi connectivity index (χ2v) is 5.70. The van der Waals surface area contributed by atoms with Crippen molar-refractivity contribution in [2.24, 2.45) is 5.73 Å². The molecule has 0 atom stereocenters. The molecule has 0 amide bonds. The zero-order valence-electron chi connectivity index (χ0n) is 13.4. The predicted octanol–water partition coefficient (Wildman–Crippen LogP) is 3.78. The number of nitrogens with two attached hydrogens (primary N) is 1. The summed E-state index contributed by atoms with van der Waals surface area (Å²) < 4.78 is 6.02. The van der Waals surface area contributed by atoms with Crippen molar-refractivity contribution in [3.05, 3.63) is 46.5 Å². The van der Waals surface area contributed by atoms with Gasteiger partial charge in [0.05, 0.1) is 6.20 Å². The fourth-order valence-electron chi connectivity index (χ4n) is 2.16. The number of aromatic nitrogens is 2. The first-order valence-corrected chi connectivity index (χ1v) is 7.24. The zero-order chi connectivity index (χ0) is 15.6. The van der Waals surface area contributed by atoms with E-state index in [9.17, 15) is 0 Å². The SMILES string of the molecule is Cc1cc(C)c(C)c(Oc2cnc(C(C)C)nc2CN)c1. The molecule has 21 heavy (non-hydrogen) atoms. The van der Waals surface area contributed by atoms with Crippen LogP contribution in [-0.4, -0.2) is 9.97 Å². The summed E-state index contributed by atoms with van der Waals surface area (Å²) in [6, 6.07) is 4.17. The number of ether oxygens (including phenoxy) is 1. The first-order chi connectivity index (χ1) is 9.92. The smallest absolute Gasteiger partial charge is 0.168 e. The van der Waals surface area contributed by atoms with Gasteiger partial charge < -0.3 is 10.5 Å². The molecule has 0 aliphatic carbocycles. The van der Waals surface area contributed by atoms with Crippen molar-refractivity contribution in [1.82, 2.24) is 9.97 Å². The van der Waals surface area contributed by atoms with Gasteiger partial charge in [-0.05, 0) is 43.5 Å². The topological polar surface area (TPSA) is 61.0 Å². The highest BCUT2D eigenvalue weighted by Crippen LogP contribution is 2.30. The van der Waals surface area contributed by atoms with Gasteiger partial charge in [-0.25, -0.2) is 9.97 Å². The minimum absolute atomic E-state index is 0.271. The average Bonchev–Trinajstić information content (AvgIpc) is 2.44. The standard InChI is InChI=1S/C17H23N3O/c1-10(2)17-19-9-16(14(8-18)20-17)21-15-7-11(3)6-12(4)13(15)5/h6-7,9-10H,8,18H2,1-5H3. The highest BCUT2D eigenvalue weighted by molar-refractivity contribution is 5.44. The van der Waals surface area contributed by atoms with Gasteiger partial charge in [0.15, 0.2) is 5.75 Å². The van der Waals surface area contributed by atoms with Crippen molar-refractivity contribution in [1.29, 1.82) is 0 Å². The molecule has 1 aromatic heterocycles. The highest BCUT2D eigenvalue weighted by Gasteiger charge is 2.12. The van der Waals surface area contributed by atoms with Gasteiger partial charge in [-0.2, -0.15) is 0 Å². The van der Waals surface area contributed by atoms with E-state index in [1.807, 2.05) is 6.07 Å². The van der Waals surface area contributed by atoms with Gasteiger partial charge in [0.1, 0.15) is 17.3 Å². The molecular formula is C17H23N3O. The van der Waals surface area contributed by atoms with Crippen LogP contribution in [0.3, 0.4) is 0 Å². The summed E-state index contributed by atoms with van der Waals surface area (Å²) in [6.07, 6.45) is 1.72. The predicted molar refractivity (Wildman–Crippen MR) is 84.7 cm³/mol. The minimum Gasteiger partial charge on any atom is -0.453 e. The Kier molecular flexibility index (Phi) is 4.58. The third kappa shape index (κ3) is 3.39. The molecule has 0 aliphatic heterocycles. The van der Waals surface area contributed by atoms with Gasteiger partial charge in [-0.15, -0.1) is 0 Å². The summed E-state index contributed by atoms with van der Waals surface area (Å²) in [5, 5.41) is 0. The van der Waals surface area contributed by atoms with E-state index < -0.39 is 0 Å². The third-order valence-electron chi connectivity index (χ3n) is 3.54. The number of hydrogen-bond donors (Lipinski definition) is 1. The zero-order valence-corrected chi connectivity index (χ0v) is 13.4. The van der Waals surface area contributed by atoms with Crippen LogP contribution in [-0.2, 0) is 6.54 Å². The lowest BCUT2D eigenvalue weighted by molar-refractivity contribution is 0.463. The van der Waals surface area contributed by atoms with E-state index in [0.717, 1.165) is 22.8 Å². The highest BCUT2D eigenvalue weighted by atomic mass is 16.5. The third-order valence-corrected chi connectivity index (χ3v) is 3.54. The Labute approximate surface area is 126 Å². The van der Waals surface area contributed by atoms with Crippen molar-refractivity contribution in [3.8, 4) is 11.5 Å². The van der Waals surface area contributed by atoms with Gasteiger partial charge in [0.2, 0.25) is 0 Å². The fourth-order valence-corrected chi connectivity index (χ4v) is 2.16. The first kappa shape index (κ1) is 15.4. The van der Waals surface area contributed by atoms with E-state index in [0.29, 0.717) is 12.3 Å². The molecule has 4 heteroatoms. The molecule has 112 valence electrons. The van der Waals surface area contributed by atoms with Crippen LogP contribution in [0.1, 0.15) is 48.0 Å². The normalized spacial score (nSPS) is 11.0. The second-order valence-electron chi connectivity index (χ2n) is 5.70. The number of nitrogens with zero attached hydrogens (tertiary/aromatic N) is 2. The van der Waals surface area contributed by atoms with Crippen molar-refractivity contribution < 1.29 is 4.74 Å². The monoisotopic (exact) mass is 285 g/mol. The van der Waals surface area contributed by atoms with E-state index in [-0.39, 0.29) is 5.92 Å². The van der Waals surface area contributed by atoms with Crippen molar-refractivity contribution in [3.63, 3.8) is 0 Å². The van der Waals surface area contributed by atoms with E-state index in [1.54, 1.807) is 6.20 Å². The molecule has 0 spiro atoms. The van der Waals surface area contributed by atoms with Crippen LogP contribution < -0.4 is 10.5 Å². The Morgan fingerprint density at radius 3 is 2.48 bits per heavy atom. The molecule has 0 bridgehead atoms. The van der Waals surface area contributed by atoms with Crippen molar-refractivity contribution >= 4 is 0 Å². The Balaban J connectivity index is 2.40. The van der Waals surface area contributed by atoms with E-state index in [2.05, 4.69) is 50.7 Å². The van der Waals surface area contributed by atoms with Gasteiger partial charge in [-0.3, -0.25) is 0 Å². The Morgan fingerprint density at radius 2 is 1.86 bits per heavy atom. The summed E-state index contributed by atoms with van der Waals surface area (Å²) in [5.74, 6) is 2.53. The molecule has 0 fully saturated rings. The van der Waals surface area contributed by atoms with Gasteiger partial charge in [0, 0.05) is 12.5 Å².